The molecule has 1 aliphatic heterocycles. The van der Waals surface area contributed by atoms with E-state index < -0.39 is 6.10 Å². The van der Waals surface area contributed by atoms with Gasteiger partial charge in [-0.25, -0.2) is 0 Å². The van der Waals surface area contributed by atoms with E-state index in [-0.39, 0.29) is 18.8 Å². The van der Waals surface area contributed by atoms with Gasteiger partial charge in [0.05, 0.1) is 12.7 Å². The van der Waals surface area contributed by atoms with Gasteiger partial charge in [-0.1, -0.05) is 6.07 Å². The fourth-order valence-electron chi connectivity index (χ4n) is 1.71. The summed E-state index contributed by atoms with van der Waals surface area (Å²) in [6.45, 7) is 1.97. The minimum absolute atomic E-state index is 0.0797. The molecule has 0 amide bonds. The van der Waals surface area contributed by atoms with Crippen molar-refractivity contribution in [2.75, 3.05) is 13.2 Å². The van der Waals surface area contributed by atoms with Crippen LogP contribution in [0.2, 0.25) is 0 Å². The first-order valence-corrected chi connectivity index (χ1v) is 5.59. The van der Waals surface area contributed by atoms with Gasteiger partial charge in [0.15, 0.2) is 17.6 Å². The molecule has 0 bridgehead atoms. The summed E-state index contributed by atoms with van der Waals surface area (Å²) < 4.78 is 10.9. The van der Waals surface area contributed by atoms with Gasteiger partial charge in [-0.2, -0.15) is 0 Å². The maximum atomic E-state index is 9.84. The molecule has 0 fully saturated rings. The maximum Gasteiger partial charge on any atom is 0.161 e. The molecular weight excluding hydrogens is 222 g/mol. The Labute approximate surface area is 99.8 Å². The van der Waals surface area contributed by atoms with Gasteiger partial charge in [-0.15, -0.1) is 0 Å². The Balaban J connectivity index is 2.21. The Morgan fingerprint density at radius 1 is 1.47 bits per heavy atom. The van der Waals surface area contributed by atoms with Crippen molar-refractivity contribution in [3.05, 3.63) is 23.8 Å². The molecule has 0 saturated carbocycles. The first-order valence-electron chi connectivity index (χ1n) is 5.59. The van der Waals surface area contributed by atoms with E-state index in [1.807, 2.05) is 0 Å². The Morgan fingerprint density at radius 2 is 2.24 bits per heavy atom. The normalized spacial score (nSPS) is 22.0. The van der Waals surface area contributed by atoms with E-state index in [9.17, 15) is 5.11 Å². The summed E-state index contributed by atoms with van der Waals surface area (Å²) in [5, 5.41) is 18.8. The average Bonchev–Trinajstić information content (AvgIpc) is 2.36. The van der Waals surface area contributed by atoms with Crippen molar-refractivity contribution in [3.63, 3.8) is 0 Å². The number of rotatable bonds is 3. The zero-order chi connectivity index (χ0) is 12.4. The number of hydrogen-bond acceptors (Lipinski definition) is 5. The molecule has 0 spiro atoms. The van der Waals surface area contributed by atoms with E-state index in [0.29, 0.717) is 23.7 Å². The van der Waals surface area contributed by atoms with E-state index in [1.54, 1.807) is 25.1 Å². The second kappa shape index (κ2) is 4.91. The highest BCUT2D eigenvalue weighted by molar-refractivity contribution is 5.44. The van der Waals surface area contributed by atoms with Crippen molar-refractivity contribution < 1.29 is 19.7 Å². The predicted octanol–water partition coefficient (Wildman–Crippen LogP) is 0.199. The molecule has 17 heavy (non-hydrogen) atoms. The fraction of sp³-hybridized carbons (Fsp3) is 0.500. The van der Waals surface area contributed by atoms with Gasteiger partial charge in [-0.05, 0) is 24.6 Å². The lowest BCUT2D eigenvalue weighted by molar-refractivity contribution is 0.0452. The highest BCUT2D eigenvalue weighted by Gasteiger charge is 2.22. The van der Waals surface area contributed by atoms with E-state index in [1.165, 1.54) is 0 Å². The Morgan fingerprint density at radius 3 is 2.88 bits per heavy atom. The zero-order valence-electron chi connectivity index (χ0n) is 9.67. The molecule has 3 unspecified atom stereocenters. The topological polar surface area (TPSA) is 84.9 Å². The molecule has 5 heteroatoms. The molecule has 94 valence electrons. The number of benzene rings is 1. The summed E-state index contributed by atoms with van der Waals surface area (Å²) in [5.74, 6) is 1.16. The van der Waals surface area contributed by atoms with Crippen LogP contribution in [-0.4, -0.2) is 35.6 Å². The lowest BCUT2D eigenvalue weighted by Gasteiger charge is -2.26. The summed E-state index contributed by atoms with van der Waals surface area (Å²) in [5.41, 5.74) is 6.33. The average molecular weight is 239 g/mol. The molecule has 0 aliphatic carbocycles. The predicted molar refractivity (Wildman–Crippen MR) is 62.0 cm³/mol. The molecular formula is C12H17NO4. The fourth-order valence-corrected chi connectivity index (χ4v) is 1.71. The van der Waals surface area contributed by atoms with E-state index in [4.69, 9.17) is 20.3 Å². The molecule has 1 aromatic carbocycles. The molecule has 1 aromatic rings. The van der Waals surface area contributed by atoms with Gasteiger partial charge < -0.3 is 25.4 Å². The molecule has 3 atom stereocenters. The van der Waals surface area contributed by atoms with Gasteiger partial charge in [0, 0.05) is 6.04 Å². The first kappa shape index (κ1) is 12.2. The Hall–Kier alpha value is -1.30. The number of aliphatic hydroxyl groups excluding tert-OH is 2. The van der Waals surface area contributed by atoms with Crippen LogP contribution in [0.3, 0.4) is 0 Å². The summed E-state index contributed by atoms with van der Waals surface area (Å²) in [6.07, 6.45) is -1.05. The minimum Gasteiger partial charge on any atom is -0.486 e. The van der Waals surface area contributed by atoms with E-state index in [2.05, 4.69) is 0 Å². The summed E-state index contributed by atoms with van der Waals surface area (Å²) >= 11 is 0. The summed E-state index contributed by atoms with van der Waals surface area (Å²) in [7, 11) is 0. The molecule has 0 saturated heterocycles. The van der Waals surface area contributed by atoms with Gasteiger partial charge in [0.1, 0.15) is 6.61 Å². The van der Waals surface area contributed by atoms with Gasteiger partial charge in [0.2, 0.25) is 0 Å². The van der Waals surface area contributed by atoms with Crippen LogP contribution in [0.5, 0.6) is 11.5 Å². The molecule has 1 aliphatic rings. The van der Waals surface area contributed by atoms with Gasteiger partial charge in [0.25, 0.3) is 0 Å². The van der Waals surface area contributed by atoms with Crippen molar-refractivity contribution in [2.24, 2.45) is 5.73 Å². The van der Waals surface area contributed by atoms with Crippen LogP contribution < -0.4 is 15.2 Å². The van der Waals surface area contributed by atoms with Crippen LogP contribution in [-0.2, 0) is 0 Å². The third-order valence-electron chi connectivity index (χ3n) is 2.73. The third kappa shape index (κ3) is 2.52. The van der Waals surface area contributed by atoms with Crippen molar-refractivity contribution in [1.82, 2.24) is 0 Å². The zero-order valence-corrected chi connectivity index (χ0v) is 9.67. The van der Waals surface area contributed by atoms with Crippen LogP contribution >= 0.6 is 0 Å². The SMILES string of the molecule is CC(N)C(O)c1ccc2c(c1)OCC(CO)O2. The van der Waals surface area contributed by atoms with Crippen molar-refractivity contribution in [1.29, 1.82) is 0 Å². The van der Waals surface area contributed by atoms with Crippen LogP contribution in [0.4, 0.5) is 0 Å². The second-order valence-corrected chi connectivity index (χ2v) is 4.24. The van der Waals surface area contributed by atoms with E-state index >= 15 is 0 Å². The number of hydrogen-bond donors (Lipinski definition) is 3. The summed E-state index contributed by atoms with van der Waals surface area (Å²) in [4.78, 5) is 0. The quantitative estimate of drug-likeness (QED) is 0.701. The van der Waals surface area contributed by atoms with Crippen molar-refractivity contribution in [3.8, 4) is 11.5 Å². The molecule has 0 radical (unpaired) electrons. The first-order chi connectivity index (χ1) is 8.11. The smallest absolute Gasteiger partial charge is 0.161 e. The maximum absolute atomic E-state index is 9.84. The van der Waals surface area contributed by atoms with Gasteiger partial charge >= 0.3 is 0 Å². The summed E-state index contributed by atoms with van der Waals surface area (Å²) in [6, 6.07) is 4.84. The molecule has 5 nitrogen and oxygen atoms in total. The number of aliphatic hydroxyl groups is 2. The van der Waals surface area contributed by atoms with Crippen LogP contribution in [0.1, 0.15) is 18.6 Å². The van der Waals surface area contributed by atoms with E-state index in [0.717, 1.165) is 0 Å². The lowest BCUT2D eigenvalue weighted by Crippen LogP contribution is -2.32. The monoisotopic (exact) mass is 239 g/mol. The highest BCUT2D eigenvalue weighted by atomic mass is 16.6. The van der Waals surface area contributed by atoms with Crippen LogP contribution in [0.15, 0.2) is 18.2 Å². The van der Waals surface area contributed by atoms with Crippen LogP contribution in [0.25, 0.3) is 0 Å². The number of ether oxygens (including phenoxy) is 2. The lowest BCUT2D eigenvalue weighted by atomic mass is 10.0. The number of fused-ring (bicyclic) bond motifs is 1. The molecule has 4 N–H and O–H groups in total. The molecule has 2 rings (SSSR count). The Bertz CT molecular complexity index is 394. The Kier molecular flexibility index (Phi) is 3.51. The minimum atomic E-state index is -0.723. The van der Waals surface area contributed by atoms with Crippen molar-refractivity contribution >= 4 is 0 Å². The number of nitrogens with two attached hydrogens (primary N) is 1. The largest absolute Gasteiger partial charge is 0.486 e. The third-order valence-corrected chi connectivity index (χ3v) is 2.73. The second-order valence-electron chi connectivity index (χ2n) is 4.24. The molecule has 1 heterocycles. The van der Waals surface area contributed by atoms with Gasteiger partial charge in [-0.3, -0.25) is 0 Å². The highest BCUT2D eigenvalue weighted by Crippen LogP contribution is 2.34. The van der Waals surface area contributed by atoms with Crippen LogP contribution in [0, 0.1) is 0 Å². The standard InChI is InChI=1S/C12H17NO4/c1-7(13)12(15)8-2-3-10-11(4-8)16-6-9(5-14)17-10/h2-4,7,9,12,14-15H,5-6,13H2,1H3. The molecule has 0 aromatic heterocycles. The van der Waals surface area contributed by atoms with Crippen molar-refractivity contribution in [2.45, 2.75) is 25.2 Å².